The SMILES string of the molecule is C=CCON1C(C)(C)N=C(SCCC(C)NC(CCCCC)NC(C)CCSC2=NC(C)(CC)N(OCC=C)C2(C)C)C1(C)C. The Hall–Kier alpha value is -0.720. The first-order chi connectivity index (χ1) is 21.1. The Bertz CT molecular complexity index is 1000. The second-order valence-corrected chi connectivity index (χ2v) is 16.4. The van der Waals surface area contributed by atoms with E-state index in [1.165, 1.54) is 19.3 Å². The molecule has 2 heterocycles. The van der Waals surface area contributed by atoms with E-state index < -0.39 is 5.66 Å². The van der Waals surface area contributed by atoms with Crippen LogP contribution in [0.5, 0.6) is 0 Å². The number of aliphatic imine (C=N–C) groups is 2. The van der Waals surface area contributed by atoms with Gasteiger partial charge in [-0.05, 0) is 88.0 Å². The van der Waals surface area contributed by atoms with E-state index in [0.717, 1.165) is 47.3 Å². The number of unbranched alkanes of at least 4 members (excludes halogenated alkanes) is 2. The summed E-state index contributed by atoms with van der Waals surface area (Å²) in [5, 5.41) is 14.2. The first-order valence-electron chi connectivity index (χ1n) is 17.2. The van der Waals surface area contributed by atoms with Crippen LogP contribution in [0.2, 0.25) is 0 Å². The molecule has 0 bridgehead atoms. The number of hydrogen-bond donors (Lipinski definition) is 2. The summed E-state index contributed by atoms with van der Waals surface area (Å²) in [6, 6.07) is 0.790. The van der Waals surface area contributed by atoms with Gasteiger partial charge in [-0.15, -0.1) is 46.8 Å². The van der Waals surface area contributed by atoms with Gasteiger partial charge < -0.3 is 0 Å². The van der Waals surface area contributed by atoms with Crippen molar-refractivity contribution in [3.05, 3.63) is 25.3 Å². The molecule has 0 amide bonds. The van der Waals surface area contributed by atoms with Gasteiger partial charge in [0.1, 0.15) is 11.3 Å². The molecular weight excluding hydrogens is 601 g/mol. The van der Waals surface area contributed by atoms with Gasteiger partial charge in [-0.3, -0.25) is 30.3 Å². The summed E-state index contributed by atoms with van der Waals surface area (Å²) in [5.74, 6) is 2.03. The average Bonchev–Trinajstić information content (AvgIpc) is 3.26. The highest BCUT2D eigenvalue weighted by molar-refractivity contribution is 8.14. The Labute approximate surface area is 285 Å². The fraction of sp³-hybridized carbons (Fsp3) is 0.829. The molecule has 260 valence electrons. The number of hydrogen-bond acceptors (Lipinski definition) is 10. The molecule has 2 N–H and O–H groups in total. The number of nitrogens with one attached hydrogen (secondary N) is 2. The lowest BCUT2D eigenvalue weighted by atomic mass is 10.0. The molecule has 4 atom stereocenters. The molecule has 2 aliphatic rings. The minimum absolute atomic E-state index is 0.265. The number of hydroxylamine groups is 4. The molecule has 0 aromatic heterocycles. The highest BCUT2D eigenvalue weighted by atomic mass is 32.2. The molecule has 4 unspecified atom stereocenters. The Kier molecular flexibility index (Phi) is 16.3. The number of thioether (sulfide) groups is 2. The third-order valence-corrected chi connectivity index (χ3v) is 11.3. The molecule has 10 heteroatoms. The van der Waals surface area contributed by atoms with Crippen LogP contribution < -0.4 is 10.6 Å². The summed E-state index contributed by atoms with van der Waals surface area (Å²) in [6.45, 7) is 32.9. The minimum Gasteiger partial charge on any atom is -0.299 e. The molecule has 0 aromatic carbocycles. The third-order valence-electron chi connectivity index (χ3n) is 8.67. The average molecular weight is 667 g/mol. The van der Waals surface area contributed by atoms with Crippen molar-refractivity contribution in [2.45, 2.75) is 162 Å². The van der Waals surface area contributed by atoms with Crippen LogP contribution in [0.1, 0.15) is 121 Å². The lowest BCUT2D eigenvalue weighted by Crippen LogP contribution is -2.52. The monoisotopic (exact) mass is 666 g/mol. The van der Waals surface area contributed by atoms with Gasteiger partial charge in [-0.2, -0.15) is 0 Å². The highest BCUT2D eigenvalue weighted by Gasteiger charge is 2.51. The van der Waals surface area contributed by atoms with Crippen LogP contribution in [0.25, 0.3) is 0 Å². The van der Waals surface area contributed by atoms with Crippen LogP contribution in [-0.4, -0.2) is 85.6 Å². The fourth-order valence-corrected chi connectivity index (χ4v) is 8.89. The first-order valence-corrected chi connectivity index (χ1v) is 19.1. The summed E-state index contributed by atoms with van der Waals surface area (Å²) in [5.41, 5.74) is -1.28. The molecule has 0 saturated heterocycles. The fourth-order valence-electron chi connectivity index (χ4n) is 6.14. The molecular formula is C35H66N6O2S2. The van der Waals surface area contributed by atoms with Crippen molar-refractivity contribution in [2.75, 3.05) is 24.7 Å². The van der Waals surface area contributed by atoms with Crippen LogP contribution in [0.4, 0.5) is 0 Å². The van der Waals surface area contributed by atoms with E-state index in [2.05, 4.69) is 105 Å². The first kappa shape index (κ1) is 40.5. The Morgan fingerprint density at radius 2 is 1.24 bits per heavy atom. The van der Waals surface area contributed by atoms with Gasteiger partial charge in [0.25, 0.3) is 0 Å². The molecule has 0 radical (unpaired) electrons. The summed E-state index contributed by atoms with van der Waals surface area (Å²) < 4.78 is 0. The largest absolute Gasteiger partial charge is 0.299 e. The topological polar surface area (TPSA) is 73.7 Å². The van der Waals surface area contributed by atoms with E-state index in [1.54, 1.807) is 12.2 Å². The van der Waals surface area contributed by atoms with Gasteiger partial charge in [0.05, 0.1) is 40.5 Å². The van der Waals surface area contributed by atoms with Crippen molar-refractivity contribution in [3.8, 4) is 0 Å². The zero-order valence-electron chi connectivity index (χ0n) is 30.5. The van der Waals surface area contributed by atoms with E-state index in [0.29, 0.717) is 31.5 Å². The zero-order chi connectivity index (χ0) is 33.9. The van der Waals surface area contributed by atoms with Crippen molar-refractivity contribution < 1.29 is 9.68 Å². The van der Waals surface area contributed by atoms with E-state index in [9.17, 15) is 0 Å². The van der Waals surface area contributed by atoms with Gasteiger partial charge in [0.2, 0.25) is 0 Å². The zero-order valence-corrected chi connectivity index (χ0v) is 32.1. The van der Waals surface area contributed by atoms with Crippen LogP contribution in [0, 0.1) is 0 Å². The van der Waals surface area contributed by atoms with Gasteiger partial charge in [-0.25, -0.2) is 0 Å². The molecule has 45 heavy (non-hydrogen) atoms. The summed E-state index contributed by atoms with van der Waals surface area (Å²) in [4.78, 5) is 22.3. The molecule has 0 saturated carbocycles. The van der Waals surface area contributed by atoms with Gasteiger partial charge >= 0.3 is 0 Å². The predicted molar refractivity (Wildman–Crippen MR) is 199 cm³/mol. The lowest BCUT2D eigenvalue weighted by molar-refractivity contribution is -0.234. The molecule has 0 aromatic rings. The standard InChI is InChI=1S/C35H66N6O2S2/c1-14-18-19-20-29(36-27(5)21-25-44-30-32(7,8)40(42-23-15-2)34(11,12)38-30)37-28(6)22-26-45-31-33(9,10)41(43-24-16-3)35(13,17-4)39-31/h15-16,27-29,36-37H,2-3,14,17-26H2,1,4-13H3. The van der Waals surface area contributed by atoms with E-state index in [-0.39, 0.29) is 16.7 Å². The quantitative estimate of drug-likeness (QED) is 0.0722. The predicted octanol–water partition coefficient (Wildman–Crippen LogP) is 8.18. The molecule has 0 aliphatic carbocycles. The van der Waals surface area contributed by atoms with Crippen molar-refractivity contribution in [1.29, 1.82) is 0 Å². The maximum atomic E-state index is 6.11. The van der Waals surface area contributed by atoms with E-state index >= 15 is 0 Å². The van der Waals surface area contributed by atoms with Crippen molar-refractivity contribution in [2.24, 2.45) is 9.98 Å². The third kappa shape index (κ3) is 11.2. The number of nitrogens with zero attached hydrogens (tertiary/aromatic N) is 4. The maximum absolute atomic E-state index is 6.11. The Morgan fingerprint density at radius 1 is 0.756 bits per heavy atom. The van der Waals surface area contributed by atoms with Gasteiger partial charge in [-0.1, -0.05) is 45.3 Å². The second kappa shape index (κ2) is 18.2. The molecule has 8 nitrogen and oxygen atoms in total. The highest BCUT2D eigenvalue weighted by Crippen LogP contribution is 2.41. The maximum Gasteiger partial charge on any atom is 0.134 e. The van der Waals surface area contributed by atoms with Crippen LogP contribution in [0.15, 0.2) is 35.3 Å². The molecule has 2 rings (SSSR count). The van der Waals surface area contributed by atoms with Crippen LogP contribution >= 0.6 is 23.5 Å². The summed E-state index contributed by atoms with van der Waals surface area (Å²) in [7, 11) is 0. The van der Waals surface area contributed by atoms with Crippen molar-refractivity contribution in [3.63, 3.8) is 0 Å². The Balaban J connectivity index is 1.90. The van der Waals surface area contributed by atoms with Crippen molar-refractivity contribution in [1.82, 2.24) is 20.8 Å². The van der Waals surface area contributed by atoms with Gasteiger partial charge in [0, 0.05) is 23.6 Å². The van der Waals surface area contributed by atoms with Crippen molar-refractivity contribution >= 4 is 33.6 Å². The molecule has 0 spiro atoms. The molecule has 0 fully saturated rings. The van der Waals surface area contributed by atoms with E-state index in [4.69, 9.17) is 19.7 Å². The normalized spacial score (nSPS) is 24.7. The lowest BCUT2D eigenvalue weighted by Gasteiger charge is -2.39. The number of rotatable bonds is 21. The van der Waals surface area contributed by atoms with Crippen LogP contribution in [-0.2, 0) is 9.68 Å². The summed E-state index contributed by atoms with van der Waals surface area (Å²) >= 11 is 3.74. The Morgan fingerprint density at radius 3 is 1.73 bits per heavy atom. The summed E-state index contributed by atoms with van der Waals surface area (Å²) in [6.07, 6.45) is 11.8. The van der Waals surface area contributed by atoms with E-state index in [1.807, 2.05) is 28.6 Å². The second-order valence-electron chi connectivity index (χ2n) is 14.2. The van der Waals surface area contributed by atoms with Crippen LogP contribution in [0.3, 0.4) is 0 Å². The molecule has 2 aliphatic heterocycles. The smallest absolute Gasteiger partial charge is 0.134 e. The minimum atomic E-state index is -0.393. The van der Waals surface area contributed by atoms with Gasteiger partial charge in [0.15, 0.2) is 0 Å².